The molecule has 0 nitrogen and oxygen atoms in total. The Morgan fingerprint density at radius 2 is 1.46 bits per heavy atom. The van der Waals surface area contributed by atoms with Gasteiger partial charge in [-0.15, -0.1) is 0 Å². The van der Waals surface area contributed by atoms with E-state index in [9.17, 15) is 0 Å². The lowest BCUT2D eigenvalue weighted by molar-refractivity contribution is 0.887. The molecule has 0 amide bonds. The van der Waals surface area contributed by atoms with Crippen molar-refractivity contribution in [3.8, 4) is 0 Å². The van der Waals surface area contributed by atoms with Gasteiger partial charge in [0.2, 0.25) is 0 Å². The Morgan fingerprint density at radius 1 is 1.00 bits per heavy atom. The van der Waals surface area contributed by atoms with Crippen LogP contribution in [0.25, 0.3) is 0 Å². The van der Waals surface area contributed by atoms with E-state index >= 15 is 0 Å². The van der Waals surface area contributed by atoms with Gasteiger partial charge in [-0.3, -0.25) is 0 Å². The molecule has 0 spiro atoms. The van der Waals surface area contributed by atoms with Crippen molar-refractivity contribution < 1.29 is 0 Å². The summed E-state index contributed by atoms with van der Waals surface area (Å²) < 4.78 is 1.33. The van der Waals surface area contributed by atoms with E-state index in [-0.39, 0.29) is 0 Å². The number of benzene rings is 1. The van der Waals surface area contributed by atoms with Gasteiger partial charge in [0.1, 0.15) is 0 Å². The van der Waals surface area contributed by atoms with Gasteiger partial charge in [0.15, 0.2) is 0 Å². The van der Waals surface area contributed by atoms with Crippen LogP contribution in [0.1, 0.15) is 37.8 Å². The fourth-order valence-corrected chi connectivity index (χ4v) is 2.22. The van der Waals surface area contributed by atoms with Gasteiger partial charge in [-0.05, 0) is 24.0 Å². The van der Waals surface area contributed by atoms with E-state index in [0.29, 0.717) is 0 Å². The third-order valence-electron chi connectivity index (χ3n) is 2.20. The lowest BCUT2D eigenvalue weighted by Gasteiger charge is -2.07. The Bertz CT molecular complexity index is 242. The normalized spacial score (nSPS) is 10.4. The molecule has 0 atom stereocenters. The molecule has 0 unspecified atom stereocenters. The Labute approximate surface area is 89.5 Å². The van der Waals surface area contributed by atoms with Gasteiger partial charge in [-0.25, -0.2) is 0 Å². The highest BCUT2D eigenvalue weighted by Gasteiger charge is 2.03. The van der Waals surface area contributed by atoms with Gasteiger partial charge in [-0.2, -0.15) is 0 Å². The highest BCUT2D eigenvalue weighted by atomic mass is 79.9. The molecular weight excluding hydrogens is 224 g/mol. The van der Waals surface area contributed by atoms with Crippen LogP contribution in [0, 0.1) is 0 Å². The molecule has 0 N–H and O–H groups in total. The smallest absolute Gasteiger partial charge is 0.0239 e. The van der Waals surface area contributed by atoms with E-state index < -0.39 is 0 Å². The number of hydrogen-bond acceptors (Lipinski definition) is 0. The van der Waals surface area contributed by atoms with Crippen molar-refractivity contribution >= 4 is 15.9 Å². The van der Waals surface area contributed by atoms with Crippen LogP contribution in [0.2, 0.25) is 0 Å². The van der Waals surface area contributed by atoms with Gasteiger partial charge in [-0.1, -0.05) is 60.8 Å². The second-order valence-corrected chi connectivity index (χ2v) is 4.18. The van der Waals surface area contributed by atoms with Crippen molar-refractivity contribution in [2.45, 2.75) is 39.5 Å². The van der Waals surface area contributed by atoms with Crippen LogP contribution in [0.15, 0.2) is 22.7 Å². The molecule has 1 rings (SSSR count). The van der Waals surface area contributed by atoms with Crippen molar-refractivity contribution in [3.63, 3.8) is 0 Å². The van der Waals surface area contributed by atoms with E-state index in [1.165, 1.54) is 41.3 Å². The first-order valence-corrected chi connectivity index (χ1v) is 5.85. The maximum absolute atomic E-state index is 3.68. The molecule has 0 bridgehead atoms. The third kappa shape index (κ3) is 2.84. The van der Waals surface area contributed by atoms with Crippen LogP contribution in [0.3, 0.4) is 0 Å². The molecule has 13 heavy (non-hydrogen) atoms. The minimum absolute atomic E-state index is 1.18. The molecule has 0 fully saturated rings. The molecule has 0 aliphatic carbocycles. The van der Waals surface area contributed by atoms with Gasteiger partial charge < -0.3 is 0 Å². The quantitative estimate of drug-likeness (QED) is 0.734. The maximum Gasteiger partial charge on any atom is 0.0239 e. The van der Waals surface area contributed by atoms with Crippen molar-refractivity contribution in [3.05, 3.63) is 33.8 Å². The van der Waals surface area contributed by atoms with Crippen LogP contribution < -0.4 is 0 Å². The standard InChI is InChI=1S/C12H17Br/c1-3-6-10-8-5-9-11(7-4-2)12(10)13/h5,8-9H,3-4,6-7H2,1-2H3. The van der Waals surface area contributed by atoms with E-state index in [4.69, 9.17) is 0 Å². The SMILES string of the molecule is CCCc1cccc(CCC)c1Br. The zero-order chi connectivity index (χ0) is 9.68. The van der Waals surface area contributed by atoms with Gasteiger partial charge in [0.05, 0.1) is 0 Å². The maximum atomic E-state index is 3.68. The highest BCUT2D eigenvalue weighted by Crippen LogP contribution is 2.24. The predicted octanol–water partition coefficient (Wildman–Crippen LogP) is 4.35. The topological polar surface area (TPSA) is 0 Å². The average Bonchev–Trinajstić information content (AvgIpc) is 2.13. The largest absolute Gasteiger partial charge is 0.0651 e. The van der Waals surface area contributed by atoms with Gasteiger partial charge in [0, 0.05) is 4.47 Å². The molecule has 0 heterocycles. The minimum Gasteiger partial charge on any atom is -0.0651 e. The first-order valence-electron chi connectivity index (χ1n) is 5.05. The zero-order valence-electron chi connectivity index (χ0n) is 8.44. The molecule has 0 aromatic heterocycles. The summed E-state index contributed by atoms with van der Waals surface area (Å²) in [6.45, 7) is 4.44. The molecule has 0 radical (unpaired) electrons. The monoisotopic (exact) mass is 240 g/mol. The molecule has 0 saturated heterocycles. The molecule has 0 aliphatic heterocycles. The van der Waals surface area contributed by atoms with Crippen LogP contribution >= 0.6 is 15.9 Å². The highest BCUT2D eigenvalue weighted by molar-refractivity contribution is 9.10. The lowest BCUT2D eigenvalue weighted by atomic mass is 10.0. The zero-order valence-corrected chi connectivity index (χ0v) is 10.0. The summed E-state index contributed by atoms with van der Waals surface area (Å²) in [6.07, 6.45) is 4.79. The molecule has 1 aromatic carbocycles. The van der Waals surface area contributed by atoms with Crippen LogP contribution in [0.4, 0.5) is 0 Å². The van der Waals surface area contributed by atoms with E-state index in [0.717, 1.165) is 0 Å². The first-order chi connectivity index (χ1) is 6.29. The minimum atomic E-state index is 1.18. The Balaban J connectivity index is 2.89. The number of rotatable bonds is 4. The fraction of sp³-hybridized carbons (Fsp3) is 0.500. The second-order valence-electron chi connectivity index (χ2n) is 3.39. The second kappa shape index (κ2) is 5.43. The third-order valence-corrected chi connectivity index (χ3v) is 3.22. The summed E-state index contributed by atoms with van der Waals surface area (Å²) in [6, 6.07) is 6.60. The molecule has 0 saturated carbocycles. The van der Waals surface area contributed by atoms with E-state index in [1.807, 2.05) is 0 Å². The molecule has 72 valence electrons. The predicted molar refractivity (Wildman–Crippen MR) is 62.1 cm³/mol. The summed E-state index contributed by atoms with van der Waals surface area (Å²) >= 11 is 3.68. The Morgan fingerprint density at radius 3 is 1.85 bits per heavy atom. The summed E-state index contributed by atoms with van der Waals surface area (Å²) in [4.78, 5) is 0. The number of hydrogen-bond donors (Lipinski definition) is 0. The molecular formula is C12H17Br. The van der Waals surface area contributed by atoms with Crippen molar-refractivity contribution in [1.29, 1.82) is 0 Å². The Kier molecular flexibility index (Phi) is 4.51. The van der Waals surface area contributed by atoms with Gasteiger partial charge >= 0.3 is 0 Å². The number of aryl methyl sites for hydroxylation is 2. The van der Waals surface area contributed by atoms with Crippen LogP contribution in [0.5, 0.6) is 0 Å². The summed E-state index contributed by atoms with van der Waals surface area (Å²) in [7, 11) is 0. The fourth-order valence-electron chi connectivity index (χ4n) is 1.56. The molecule has 1 aromatic rings. The molecule has 0 aliphatic rings. The van der Waals surface area contributed by atoms with Crippen molar-refractivity contribution in [1.82, 2.24) is 0 Å². The lowest BCUT2D eigenvalue weighted by Crippen LogP contribution is -1.91. The van der Waals surface area contributed by atoms with E-state index in [2.05, 4.69) is 48.0 Å². The average molecular weight is 241 g/mol. The van der Waals surface area contributed by atoms with E-state index in [1.54, 1.807) is 0 Å². The van der Waals surface area contributed by atoms with Gasteiger partial charge in [0.25, 0.3) is 0 Å². The summed E-state index contributed by atoms with van der Waals surface area (Å²) in [5.41, 5.74) is 2.90. The van der Waals surface area contributed by atoms with Crippen LogP contribution in [-0.2, 0) is 12.8 Å². The number of halogens is 1. The molecule has 1 heteroatoms. The van der Waals surface area contributed by atoms with Crippen molar-refractivity contribution in [2.75, 3.05) is 0 Å². The Hall–Kier alpha value is -0.300. The summed E-state index contributed by atoms with van der Waals surface area (Å²) in [5.74, 6) is 0. The summed E-state index contributed by atoms with van der Waals surface area (Å²) in [5, 5.41) is 0. The van der Waals surface area contributed by atoms with Crippen LogP contribution in [-0.4, -0.2) is 0 Å². The first kappa shape index (κ1) is 10.8. The van der Waals surface area contributed by atoms with Crippen molar-refractivity contribution in [2.24, 2.45) is 0 Å².